The molecule has 4 N–H and O–H groups in total. The van der Waals surface area contributed by atoms with Gasteiger partial charge < -0.3 is 20.9 Å². The van der Waals surface area contributed by atoms with Crippen LogP contribution < -0.4 is 16.0 Å². The maximum Gasteiger partial charge on any atom is 0.319 e. The molecule has 0 bridgehead atoms. The van der Waals surface area contributed by atoms with Crippen LogP contribution >= 0.6 is 11.6 Å². The van der Waals surface area contributed by atoms with E-state index in [0.717, 1.165) is 22.0 Å². The molecule has 0 saturated heterocycles. The highest BCUT2D eigenvalue weighted by Crippen LogP contribution is 2.34. The second-order valence-corrected chi connectivity index (χ2v) is 8.20. The number of para-hydroxylation sites is 2. The van der Waals surface area contributed by atoms with Gasteiger partial charge in [0.15, 0.2) is 0 Å². The number of aromatic amines is 1. The number of rotatable bonds is 7. The average Bonchev–Trinajstić information content (AvgIpc) is 3.25. The molecule has 0 fully saturated rings. The van der Waals surface area contributed by atoms with Gasteiger partial charge in [0.25, 0.3) is 0 Å². The lowest BCUT2D eigenvalue weighted by molar-refractivity contribution is -0.122. The molecule has 168 valence electrons. The summed E-state index contributed by atoms with van der Waals surface area (Å²) in [7, 11) is 0. The van der Waals surface area contributed by atoms with Gasteiger partial charge in [-0.05, 0) is 42.3 Å². The van der Waals surface area contributed by atoms with Crippen LogP contribution in [0.3, 0.4) is 0 Å². The van der Waals surface area contributed by atoms with Crippen molar-refractivity contribution in [2.75, 3.05) is 11.9 Å². The van der Waals surface area contributed by atoms with Gasteiger partial charge in [0.2, 0.25) is 5.91 Å². The fourth-order valence-corrected chi connectivity index (χ4v) is 4.10. The standard InChI is InChI=1S/C26H25ClN4O2/c1-17(30-26(33)31-18-9-3-2-4-10-18)25(32)29-16-21(19-11-5-7-13-23(19)27)22-15-28-24-14-8-6-12-20(22)24/h2-15,17,21,28H,16H2,1H3,(H,29,32)(H2,30,31,33)/t17-,21-/m1/s1. The molecule has 7 heteroatoms. The molecule has 4 rings (SSSR count). The van der Waals surface area contributed by atoms with Crippen molar-refractivity contribution in [3.8, 4) is 0 Å². The molecule has 0 unspecified atom stereocenters. The first kappa shape index (κ1) is 22.4. The zero-order chi connectivity index (χ0) is 23.2. The summed E-state index contributed by atoms with van der Waals surface area (Å²) in [5, 5.41) is 10.1. The third kappa shape index (κ3) is 5.35. The number of anilines is 1. The lowest BCUT2D eigenvalue weighted by Gasteiger charge is -2.21. The summed E-state index contributed by atoms with van der Waals surface area (Å²) in [6, 6.07) is 23.6. The predicted molar refractivity (Wildman–Crippen MR) is 133 cm³/mol. The van der Waals surface area contributed by atoms with Crippen LogP contribution in [0.15, 0.2) is 85.1 Å². The maximum absolute atomic E-state index is 12.8. The van der Waals surface area contributed by atoms with Crippen LogP contribution in [0.1, 0.15) is 24.0 Å². The van der Waals surface area contributed by atoms with E-state index in [0.29, 0.717) is 17.3 Å². The molecule has 1 heterocycles. The number of carbonyl (C=O) groups is 2. The lowest BCUT2D eigenvalue weighted by Crippen LogP contribution is -2.47. The first-order valence-electron chi connectivity index (χ1n) is 10.7. The van der Waals surface area contributed by atoms with Crippen LogP contribution in [0.4, 0.5) is 10.5 Å². The van der Waals surface area contributed by atoms with E-state index in [4.69, 9.17) is 11.6 Å². The second-order valence-electron chi connectivity index (χ2n) is 7.80. The number of hydrogen-bond donors (Lipinski definition) is 4. The molecule has 0 aliphatic rings. The number of hydrogen-bond acceptors (Lipinski definition) is 2. The highest BCUT2D eigenvalue weighted by Gasteiger charge is 2.23. The van der Waals surface area contributed by atoms with Crippen LogP contribution in [-0.4, -0.2) is 29.5 Å². The lowest BCUT2D eigenvalue weighted by atomic mass is 9.90. The van der Waals surface area contributed by atoms with Gasteiger partial charge in [-0.25, -0.2) is 4.79 Å². The number of aromatic nitrogens is 1. The fourth-order valence-electron chi connectivity index (χ4n) is 3.83. The van der Waals surface area contributed by atoms with Crippen molar-refractivity contribution in [1.29, 1.82) is 0 Å². The van der Waals surface area contributed by atoms with E-state index in [1.54, 1.807) is 19.1 Å². The molecule has 0 radical (unpaired) electrons. The Hall–Kier alpha value is -3.77. The third-order valence-corrected chi connectivity index (χ3v) is 5.87. The summed E-state index contributed by atoms with van der Waals surface area (Å²) in [5.41, 5.74) is 3.64. The van der Waals surface area contributed by atoms with E-state index < -0.39 is 12.1 Å². The Morgan fingerprint density at radius 1 is 0.909 bits per heavy atom. The quantitative estimate of drug-likeness (QED) is 0.302. The Bertz CT molecular complexity index is 1260. The summed E-state index contributed by atoms with van der Waals surface area (Å²) in [5.74, 6) is -0.445. The van der Waals surface area contributed by atoms with Crippen molar-refractivity contribution in [2.24, 2.45) is 0 Å². The fraction of sp³-hybridized carbons (Fsp3) is 0.154. The highest BCUT2D eigenvalue weighted by molar-refractivity contribution is 6.31. The minimum absolute atomic E-state index is 0.163. The number of fused-ring (bicyclic) bond motifs is 1. The minimum Gasteiger partial charge on any atom is -0.361 e. The van der Waals surface area contributed by atoms with Crippen LogP contribution in [0, 0.1) is 0 Å². The Balaban J connectivity index is 1.47. The summed E-state index contributed by atoms with van der Waals surface area (Å²) in [6.07, 6.45) is 1.96. The Morgan fingerprint density at radius 2 is 1.61 bits per heavy atom. The van der Waals surface area contributed by atoms with Gasteiger partial charge in [-0.15, -0.1) is 0 Å². The first-order valence-corrected chi connectivity index (χ1v) is 11.1. The molecule has 6 nitrogen and oxygen atoms in total. The van der Waals surface area contributed by atoms with Gasteiger partial charge in [-0.2, -0.15) is 0 Å². The van der Waals surface area contributed by atoms with Gasteiger partial charge in [-0.1, -0.05) is 66.2 Å². The van der Waals surface area contributed by atoms with Gasteiger partial charge in [-0.3, -0.25) is 4.79 Å². The molecule has 3 aromatic carbocycles. The monoisotopic (exact) mass is 460 g/mol. The summed E-state index contributed by atoms with van der Waals surface area (Å²) in [6.45, 7) is 1.98. The highest BCUT2D eigenvalue weighted by atomic mass is 35.5. The number of benzene rings is 3. The summed E-state index contributed by atoms with van der Waals surface area (Å²) >= 11 is 6.52. The van der Waals surface area contributed by atoms with Crippen molar-refractivity contribution < 1.29 is 9.59 Å². The van der Waals surface area contributed by atoms with Gasteiger partial charge >= 0.3 is 6.03 Å². The van der Waals surface area contributed by atoms with E-state index in [1.165, 1.54) is 0 Å². The van der Waals surface area contributed by atoms with Crippen LogP contribution in [0.25, 0.3) is 10.9 Å². The van der Waals surface area contributed by atoms with Crippen molar-refractivity contribution in [3.63, 3.8) is 0 Å². The van der Waals surface area contributed by atoms with E-state index in [9.17, 15) is 9.59 Å². The number of H-pyrrole nitrogens is 1. The van der Waals surface area contributed by atoms with E-state index in [-0.39, 0.29) is 11.8 Å². The molecule has 0 aliphatic carbocycles. The average molecular weight is 461 g/mol. The summed E-state index contributed by atoms with van der Waals surface area (Å²) in [4.78, 5) is 28.3. The van der Waals surface area contributed by atoms with E-state index in [2.05, 4.69) is 20.9 Å². The Kier molecular flexibility index (Phi) is 6.95. The third-order valence-electron chi connectivity index (χ3n) is 5.53. The Labute approximate surface area is 197 Å². The van der Waals surface area contributed by atoms with Crippen LogP contribution in [-0.2, 0) is 4.79 Å². The topological polar surface area (TPSA) is 86.0 Å². The number of halogens is 1. The number of carbonyl (C=O) groups excluding carboxylic acids is 2. The van der Waals surface area contributed by atoms with Gasteiger partial charge in [0, 0.05) is 40.3 Å². The van der Waals surface area contributed by atoms with E-state index >= 15 is 0 Å². The molecule has 0 saturated carbocycles. The SMILES string of the molecule is C[C@@H](NC(=O)Nc1ccccc1)C(=O)NC[C@H](c1ccccc1Cl)c1c[nH]c2ccccc12. The normalized spacial score (nSPS) is 12.7. The molecule has 0 spiro atoms. The largest absolute Gasteiger partial charge is 0.361 e. The number of amides is 3. The predicted octanol–water partition coefficient (Wildman–Crippen LogP) is 5.28. The van der Waals surface area contributed by atoms with Crippen LogP contribution in [0.2, 0.25) is 5.02 Å². The number of urea groups is 1. The van der Waals surface area contributed by atoms with Crippen molar-refractivity contribution in [1.82, 2.24) is 15.6 Å². The van der Waals surface area contributed by atoms with Crippen molar-refractivity contribution in [3.05, 3.63) is 101 Å². The zero-order valence-electron chi connectivity index (χ0n) is 18.1. The summed E-state index contributed by atoms with van der Waals surface area (Å²) < 4.78 is 0. The van der Waals surface area contributed by atoms with Crippen molar-refractivity contribution in [2.45, 2.75) is 18.9 Å². The maximum atomic E-state index is 12.8. The second kappa shape index (κ2) is 10.2. The zero-order valence-corrected chi connectivity index (χ0v) is 18.9. The molecule has 4 aromatic rings. The van der Waals surface area contributed by atoms with Crippen molar-refractivity contribution >= 4 is 40.1 Å². The molecule has 0 aliphatic heterocycles. The first-order chi connectivity index (χ1) is 16.0. The Morgan fingerprint density at radius 3 is 2.39 bits per heavy atom. The minimum atomic E-state index is -0.719. The molecular formula is C26H25ClN4O2. The molecule has 2 atom stereocenters. The van der Waals surface area contributed by atoms with Gasteiger partial charge in [0.1, 0.15) is 6.04 Å². The van der Waals surface area contributed by atoms with E-state index in [1.807, 2.05) is 72.9 Å². The van der Waals surface area contributed by atoms with Crippen LogP contribution in [0.5, 0.6) is 0 Å². The molecule has 33 heavy (non-hydrogen) atoms. The smallest absolute Gasteiger partial charge is 0.319 e. The molecule has 1 aromatic heterocycles. The molecular weight excluding hydrogens is 436 g/mol. The molecule has 3 amide bonds. The number of nitrogens with one attached hydrogen (secondary N) is 4. The van der Waals surface area contributed by atoms with Gasteiger partial charge in [0.05, 0.1) is 0 Å².